The maximum absolute atomic E-state index is 12.8. The van der Waals surface area contributed by atoms with Crippen LogP contribution >= 0.6 is 0 Å². The van der Waals surface area contributed by atoms with Gasteiger partial charge in [-0.25, -0.2) is 4.79 Å². The van der Waals surface area contributed by atoms with Gasteiger partial charge < -0.3 is 10.1 Å². The minimum absolute atomic E-state index is 0.217. The van der Waals surface area contributed by atoms with Crippen molar-refractivity contribution in [1.29, 1.82) is 0 Å². The first-order valence-electron chi connectivity index (χ1n) is 9.48. The molecular formula is C24H17N3O4. The van der Waals surface area contributed by atoms with Gasteiger partial charge >= 0.3 is 5.97 Å². The van der Waals surface area contributed by atoms with Crippen molar-refractivity contribution in [1.82, 2.24) is 9.97 Å². The van der Waals surface area contributed by atoms with E-state index in [0.717, 1.165) is 0 Å². The van der Waals surface area contributed by atoms with Crippen LogP contribution < -0.4 is 5.32 Å². The van der Waals surface area contributed by atoms with Crippen LogP contribution in [-0.2, 0) is 9.53 Å². The van der Waals surface area contributed by atoms with E-state index < -0.39 is 18.5 Å². The van der Waals surface area contributed by atoms with E-state index in [1.807, 2.05) is 6.07 Å². The summed E-state index contributed by atoms with van der Waals surface area (Å²) in [4.78, 5) is 45.7. The standard InChI is InChI=1S/C24H17N3O4/c28-22(15-31-24(30)17-10-11-20-21(14-17)26-13-12-25-20)27-19-9-5-4-8-18(19)23(29)16-6-2-1-3-7-16/h1-14H,15H2,(H,27,28). The average molecular weight is 411 g/mol. The topological polar surface area (TPSA) is 98.2 Å². The largest absolute Gasteiger partial charge is 0.452 e. The third kappa shape index (κ3) is 4.62. The Morgan fingerprint density at radius 1 is 0.774 bits per heavy atom. The van der Waals surface area contributed by atoms with Crippen LogP contribution in [0.25, 0.3) is 11.0 Å². The van der Waals surface area contributed by atoms with Crippen LogP contribution in [0, 0.1) is 0 Å². The number of benzene rings is 3. The van der Waals surface area contributed by atoms with E-state index >= 15 is 0 Å². The molecule has 152 valence electrons. The lowest BCUT2D eigenvalue weighted by Gasteiger charge is -2.11. The number of hydrogen-bond donors (Lipinski definition) is 1. The molecule has 31 heavy (non-hydrogen) atoms. The van der Waals surface area contributed by atoms with Crippen molar-refractivity contribution in [3.8, 4) is 0 Å². The average Bonchev–Trinajstić information content (AvgIpc) is 2.82. The van der Waals surface area contributed by atoms with E-state index in [4.69, 9.17) is 4.74 Å². The second-order valence-electron chi connectivity index (χ2n) is 6.62. The van der Waals surface area contributed by atoms with Crippen molar-refractivity contribution in [2.75, 3.05) is 11.9 Å². The Kier molecular flexibility index (Phi) is 5.75. The molecule has 0 unspecified atom stereocenters. The highest BCUT2D eigenvalue weighted by Crippen LogP contribution is 2.19. The first kappa shape index (κ1) is 19.9. The minimum Gasteiger partial charge on any atom is -0.452 e. The SMILES string of the molecule is O=C(COC(=O)c1ccc2nccnc2c1)Nc1ccccc1C(=O)c1ccccc1. The number of para-hydroxylation sites is 1. The lowest BCUT2D eigenvalue weighted by molar-refractivity contribution is -0.119. The summed E-state index contributed by atoms with van der Waals surface area (Å²) in [5, 5.41) is 2.64. The van der Waals surface area contributed by atoms with Crippen LogP contribution in [0.3, 0.4) is 0 Å². The number of nitrogens with one attached hydrogen (secondary N) is 1. The molecule has 0 spiro atoms. The number of nitrogens with zero attached hydrogens (tertiary/aromatic N) is 2. The molecule has 0 saturated heterocycles. The van der Waals surface area contributed by atoms with Gasteiger partial charge in [-0.3, -0.25) is 19.6 Å². The summed E-state index contributed by atoms with van der Waals surface area (Å²) in [6, 6.07) is 20.2. The number of esters is 1. The highest BCUT2D eigenvalue weighted by atomic mass is 16.5. The number of ether oxygens (including phenoxy) is 1. The number of ketones is 1. The molecular weight excluding hydrogens is 394 g/mol. The molecule has 1 heterocycles. The van der Waals surface area contributed by atoms with Crippen molar-refractivity contribution in [3.63, 3.8) is 0 Å². The molecule has 0 fully saturated rings. The minimum atomic E-state index is -0.656. The summed E-state index contributed by atoms with van der Waals surface area (Å²) in [6.07, 6.45) is 3.09. The second-order valence-corrected chi connectivity index (χ2v) is 6.62. The zero-order chi connectivity index (χ0) is 21.6. The van der Waals surface area contributed by atoms with Gasteiger partial charge in [-0.05, 0) is 30.3 Å². The van der Waals surface area contributed by atoms with E-state index in [-0.39, 0.29) is 11.3 Å². The number of anilines is 1. The van der Waals surface area contributed by atoms with Gasteiger partial charge in [0.05, 0.1) is 22.3 Å². The fourth-order valence-corrected chi connectivity index (χ4v) is 3.03. The highest BCUT2D eigenvalue weighted by Gasteiger charge is 2.16. The van der Waals surface area contributed by atoms with Crippen molar-refractivity contribution < 1.29 is 19.1 Å². The molecule has 1 amide bonds. The maximum atomic E-state index is 12.8. The van der Waals surface area contributed by atoms with Crippen molar-refractivity contribution >= 4 is 34.4 Å². The van der Waals surface area contributed by atoms with Crippen LogP contribution in [0.15, 0.2) is 85.2 Å². The number of fused-ring (bicyclic) bond motifs is 1. The lowest BCUT2D eigenvalue weighted by atomic mass is 10.0. The van der Waals surface area contributed by atoms with Crippen molar-refractivity contribution in [2.45, 2.75) is 0 Å². The van der Waals surface area contributed by atoms with Gasteiger partial charge in [-0.15, -0.1) is 0 Å². The fraction of sp³-hybridized carbons (Fsp3) is 0.0417. The van der Waals surface area contributed by atoms with Crippen LogP contribution in [0.4, 0.5) is 5.69 Å². The zero-order valence-corrected chi connectivity index (χ0v) is 16.3. The molecule has 0 radical (unpaired) electrons. The molecule has 4 aromatic rings. The molecule has 0 bridgehead atoms. The Morgan fingerprint density at radius 3 is 2.29 bits per heavy atom. The van der Waals surface area contributed by atoms with E-state index in [1.54, 1.807) is 72.9 Å². The summed E-state index contributed by atoms with van der Waals surface area (Å²) in [5.74, 6) is -1.43. The van der Waals surface area contributed by atoms with Gasteiger partial charge in [0.15, 0.2) is 12.4 Å². The molecule has 0 atom stereocenters. The third-order valence-electron chi connectivity index (χ3n) is 4.52. The summed E-state index contributed by atoms with van der Waals surface area (Å²) in [5.41, 5.74) is 2.67. The number of rotatable bonds is 6. The molecule has 0 aliphatic carbocycles. The quantitative estimate of drug-likeness (QED) is 0.384. The molecule has 1 N–H and O–H groups in total. The molecule has 1 aromatic heterocycles. The van der Waals surface area contributed by atoms with Gasteiger partial charge in [0.2, 0.25) is 0 Å². The molecule has 0 aliphatic heterocycles. The van der Waals surface area contributed by atoms with E-state index in [2.05, 4.69) is 15.3 Å². The van der Waals surface area contributed by atoms with Gasteiger partial charge in [0, 0.05) is 23.5 Å². The lowest BCUT2D eigenvalue weighted by Crippen LogP contribution is -2.22. The molecule has 0 aliphatic rings. The van der Waals surface area contributed by atoms with Crippen molar-refractivity contribution in [2.24, 2.45) is 0 Å². The number of hydrogen-bond acceptors (Lipinski definition) is 6. The Hall–Kier alpha value is -4.39. The summed E-state index contributed by atoms with van der Waals surface area (Å²) in [6.45, 7) is -0.495. The first-order chi connectivity index (χ1) is 15.1. The predicted octanol–water partition coefficient (Wildman–Crippen LogP) is 3.66. The molecule has 0 saturated carbocycles. The Labute approximate surface area is 177 Å². The van der Waals surface area contributed by atoms with Crippen LogP contribution in [0.5, 0.6) is 0 Å². The highest BCUT2D eigenvalue weighted by molar-refractivity contribution is 6.14. The molecule has 7 nitrogen and oxygen atoms in total. The Bertz CT molecular complexity index is 1270. The molecule has 4 rings (SSSR count). The predicted molar refractivity (Wildman–Crippen MR) is 115 cm³/mol. The van der Waals surface area contributed by atoms with Gasteiger partial charge in [0.1, 0.15) is 0 Å². The van der Waals surface area contributed by atoms with E-state index in [9.17, 15) is 14.4 Å². The first-order valence-corrected chi connectivity index (χ1v) is 9.48. The monoisotopic (exact) mass is 411 g/mol. The Balaban J connectivity index is 1.42. The normalized spacial score (nSPS) is 10.5. The van der Waals surface area contributed by atoms with Gasteiger partial charge in [-0.2, -0.15) is 0 Å². The zero-order valence-electron chi connectivity index (χ0n) is 16.3. The van der Waals surface area contributed by atoms with E-state index in [1.165, 1.54) is 6.20 Å². The number of carbonyl (C=O) groups is 3. The number of amides is 1. The second kappa shape index (κ2) is 8.96. The number of aromatic nitrogens is 2. The smallest absolute Gasteiger partial charge is 0.338 e. The van der Waals surface area contributed by atoms with Gasteiger partial charge in [0.25, 0.3) is 5.91 Å². The van der Waals surface area contributed by atoms with Crippen molar-refractivity contribution in [3.05, 3.63) is 102 Å². The third-order valence-corrected chi connectivity index (χ3v) is 4.52. The van der Waals surface area contributed by atoms with Gasteiger partial charge in [-0.1, -0.05) is 42.5 Å². The maximum Gasteiger partial charge on any atom is 0.338 e. The summed E-state index contributed by atoms with van der Waals surface area (Å²) < 4.78 is 5.11. The van der Waals surface area contributed by atoms with Crippen LogP contribution in [0.1, 0.15) is 26.3 Å². The fourth-order valence-electron chi connectivity index (χ4n) is 3.03. The molecule has 7 heteroatoms. The molecule has 3 aromatic carbocycles. The van der Waals surface area contributed by atoms with E-state index in [0.29, 0.717) is 27.8 Å². The van der Waals surface area contributed by atoms with Crippen LogP contribution in [-0.4, -0.2) is 34.2 Å². The summed E-state index contributed by atoms with van der Waals surface area (Å²) >= 11 is 0. The van der Waals surface area contributed by atoms with Crippen LogP contribution in [0.2, 0.25) is 0 Å². The number of carbonyl (C=O) groups excluding carboxylic acids is 3. The summed E-state index contributed by atoms with van der Waals surface area (Å²) in [7, 11) is 0. The Morgan fingerprint density at radius 2 is 1.48 bits per heavy atom.